The smallest absolute Gasteiger partial charge is 0.303 e. The number of amides is 1. The summed E-state index contributed by atoms with van der Waals surface area (Å²) in [6.45, 7) is 8.66. The van der Waals surface area contributed by atoms with Crippen molar-refractivity contribution in [2.75, 3.05) is 59.5 Å². The Kier molecular flexibility index (Phi) is 9.54. The number of β-amino-alcohol motifs (C(OH)–C–C–N with tert-alkyl or cyclic N) is 1. The Morgan fingerprint density at radius 2 is 1.80 bits per heavy atom. The molecule has 1 aliphatic carbocycles. The number of aliphatic hydroxyl groups is 1. The fourth-order valence-corrected chi connectivity index (χ4v) is 8.21. The fourth-order valence-electron chi connectivity index (χ4n) is 7.38. The molecule has 4 bridgehead atoms. The van der Waals surface area contributed by atoms with E-state index >= 15 is 0 Å². The zero-order chi connectivity index (χ0) is 31.7. The minimum atomic E-state index is -4.03. The van der Waals surface area contributed by atoms with Crippen molar-refractivity contribution >= 4 is 27.0 Å². The third-order valence-electron chi connectivity index (χ3n) is 10.0. The summed E-state index contributed by atoms with van der Waals surface area (Å²) in [6.07, 6.45) is 5.81. The van der Waals surface area contributed by atoms with Crippen molar-refractivity contribution in [2.45, 2.75) is 64.5 Å². The van der Waals surface area contributed by atoms with Crippen LogP contribution in [-0.2, 0) is 16.8 Å². The first-order valence-corrected chi connectivity index (χ1v) is 17.9. The van der Waals surface area contributed by atoms with Gasteiger partial charge in [-0.3, -0.25) is 9.69 Å². The molecule has 1 atom stereocenters. The van der Waals surface area contributed by atoms with Crippen LogP contribution in [0.3, 0.4) is 0 Å². The summed E-state index contributed by atoms with van der Waals surface area (Å²) in [6, 6.07) is 12.0. The van der Waals surface area contributed by atoms with Crippen LogP contribution in [0.25, 0.3) is 22.2 Å². The molecule has 2 aromatic carbocycles. The summed E-state index contributed by atoms with van der Waals surface area (Å²) in [5.74, 6) is 0.585. The lowest BCUT2D eigenvalue weighted by atomic mass is 9.81. The maximum atomic E-state index is 13.5. The van der Waals surface area contributed by atoms with E-state index in [-0.39, 0.29) is 19.2 Å². The van der Waals surface area contributed by atoms with Crippen molar-refractivity contribution in [3.05, 3.63) is 53.1 Å². The number of hydrogen-bond acceptors (Lipinski definition) is 7. The summed E-state index contributed by atoms with van der Waals surface area (Å²) in [4.78, 5) is 18.0. The van der Waals surface area contributed by atoms with Gasteiger partial charge in [0.1, 0.15) is 12.4 Å². The average Bonchev–Trinajstić information content (AvgIpc) is 3.33. The first-order valence-electron chi connectivity index (χ1n) is 16.5. The number of aryl methyl sites for hydroxylation is 1. The Morgan fingerprint density at radius 3 is 2.56 bits per heavy atom. The van der Waals surface area contributed by atoms with Crippen LogP contribution >= 0.6 is 0 Å². The van der Waals surface area contributed by atoms with E-state index in [0.29, 0.717) is 50.8 Å². The molecule has 11 heteroatoms. The number of fused-ring (bicyclic) bond motifs is 4. The zero-order valence-corrected chi connectivity index (χ0v) is 27.6. The second-order valence-corrected chi connectivity index (χ2v) is 14.6. The topological polar surface area (TPSA) is 107 Å². The highest BCUT2D eigenvalue weighted by molar-refractivity contribution is 7.87. The molecule has 1 saturated carbocycles. The van der Waals surface area contributed by atoms with Gasteiger partial charge in [0, 0.05) is 68.3 Å². The van der Waals surface area contributed by atoms with Crippen molar-refractivity contribution in [1.82, 2.24) is 23.4 Å². The molecule has 0 radical (unpaired) electrons. The van der Waals surface area contributed by atoms with Crippen LogP contribution < -0.4 is 9.46 Å². The van der Waals surface area contributed by atoms with Crippen molar-refractivity contribution in [1.29, 1.82) is 0 Å². The number of rotatable bonds is 4. The molecule has 1 aromatic heterocycles. The molecule has 0 saturated heterocycles. The van der Waals surface area contributed by atoms with Gasteiger partial charge >= 0.3 is 10.2 Å². The quantitative estimate of drug-likeness (QED) is 0.446. The third kappa shape index (κ3) is 6.51. The average molecular weight is 638 g/mol. The lowest BCUT2D eigenvalue weighted by molar-refractivity contribution is 0.0871. The number of aromatic nitrogens is 1. The van der Waals surface area contributed by atoms with E-state index in [1.165, 1.54) is 36.2 Å². The molecule has 2 N–H and O–H groups in total. The van der Waals surface area contributed by atoms with Crippen LogP contribution in [0.4, 0.5) is 0 Å². The second kappa shape index (κ2) is 13.4. The van der Waals surface area contributed by atoms with Crippen LogP contribution in [0, 0.1) is 6.92 Å². The summed E-state index contributed by atoms with van der Waals surface area (Å²) in [7, 11) is -2.53. The summed E-state index contributed by atoms with van der Waals surface area (Å²) >= 11 is 0. The number of aliphatic hydroxyl groups excluding tert-OH is 1. The minimum Gasteiger partial charge on any atom is -0.491 e. The number of hydrogen-bond donors (Lipinski definition) is 2. The Labute approximate surface area is 267 Å². The van der Waals surface area contributed by atoms with E-state index in [9.17, 15) is 18.3 Å². The van der Waals surface area contributed by atoms with Crippen LogP contribution in [0.5, 0.6) is 5.75 Å². The van der Waals surface area contributed by atoms with E-state index in [1.54, 1.807) is 6.07 Å². The zero-order valence-electron chi connectivity index (χ0n) is 26.8. The Balaban J connectivity index is 1.59. The molecule has 3 aromatic rings. The van der Waals surface area contributed by atoms with E-state index in [4.69, 9.17) is 4.74 Å². The van der Waals surface area contributed by atoms with Gasteiger partial charge in [-0.1, -0.05) is 38.3 Å². The molecular weight excluding hydrogens is 590 g/mol. The van der Waals surface area contributed by atoms with Gasteiger partial charge in [-0.15, -0.1) is 0 Å². The second-order valence-electron chi connectivity index (χ2n) is 12.9. The Morgan fingerprint density at radius 1 is 1.02 bits per heavy atom. The van der Waals surface area contributed by atoms with E-state index in [1.807, 2.05) is 12.1 Å². The molecule has 6 rings (SSSR count). The molecule has 0 spiro atoms. The lowest BCUT2D eigenvalue weighted by Gasteiger charge is -2.36. The first-order chi connectivity index (χ1) is 21.7. The molecule has 2 aliphatic heterocycles. The molecule has 10 nitrogen and oxygen atoms in total. The number of nitrogens with one attached hydrogen (secondary N) is 1. The Bertz CT molecular complexity index is 1650. The van der Waals surface area contributed by atoms with Gasteiger partial charge < -0.3 is 19.3 Å². The number of likely N-dealkylation sites (N-methyl/N-ethyl adjacent to an activating group) is 2. The Hall–Kier alpha value is -2.96. The van der Waals surface area contributed by atoms with Crippen molar-refractivity contribution < 1.29 is 23.1 Å². The van der Waals surface area contributed by atoms with Gasteiger partial charge in [-0.05, 0) is 67.6 Å². The van der Waals surface area contributed by atoms with E-state index in [0.717, 1.165) is 52.9 Å². The van der Waals surface area contributed by atoms with E-state index in [2.05, 4.69) is 51.1 Å². The van der Waals surface area contributed by atoms with Gasteiger partial charge in [-0.25, -0.2) is 4.72 Å². The van der Waals surface area contributed by atoms with Crippen molar-refractivity contribution in [3.63, 3.8) is 0 Å². The van der Waals surface area contributed by atoms with Gasteiger partial charge in [0.25, 0.3) is 5.91 Å². The standard InChI is InChI=1S/C34H47N5O5S/c1-4-37-15-14-36(3)45(42,43)35-34(41)26-11-13-28-30(21-26)39-22-27(38(17-16-37)18-19-40)23-44-31-20-24(2)10-12-29(31)33(39)32(28)25-8-6-5-7-9-25/h10-13,20-21,25,27,40H,4-9,14-19,22-23H2,1-3H3,(H,35,41). The number of benzene rings is 2. The third-order valence-corrected chi connectivity index (χ3v) is 11.5. The molecule has 244 valence electrons. The number of carbonyl (C=O) groups is 1. The maximum absolute atomic E-state index is 13.5. The number of ether oxygens (including phenoxy) is 1. The normalized spacial score (nSPS) is 22.6. The highest BCUT2D eigenvalue weighted by Gasteiger charge is 2.33. The molecular formula is C34H47N5O5S. The van der Waals surface area contributed by atoms with Gasteiger partial charge in [0.2, 0.25) is 0 Å². The molecule has 45 heavy (non-hydrogen) atoms. The number of nitrogens with zero attached hydrogens (tertiary/aromatic N) is 4. The van der Waals surface area contributed by atoms with Gasteiger partial charge in [0.05, 0.1) is 18.3 Å². The first kappa shape index (κ1) is 32.0. The molecule has 3 heterocycles. The molecule has 1 unspecified atom stereocenters. The number of carbonyl (C=O) groups excluding carboxylic acids is 1. The predicted octanol–water partition coefficient (Wildman–Crippen LogP) is 3.96. The lowest BCUT2D eigenvalue weighted by Crippen LogP contribution is -2.49. The minimum absolute atomic E-state index is 0.0240. The summed E-state index contributed by atoms with van der Waals surface area (Å²) in [5, 5.41) is 11.3. The summed E-state index contributed by atoms with van der Waals surface area (Å²) < 4.78 is 38.9. The monoisotopic (exact) mass is 637 g/mol. The van der Waals surface area contributed by atoms with Crippen LogP contribution in [-0.4, -0.2) is 104 Å². The fraction of sp³-hybridized carbons (Fsp3) is 0.559. The molecule has 1 fully saturated rings. The van der Waals surface area contributed by atoms with Gasteiger partial charge in [-0.2, -0.15) is 12.7 Å². The maximum Gasteiger partial charge on any atom is 0.303 e. The van der Waals surface area contributed by atoms with Crippen LogP contribution in [0.15, 0.2) is 36.4 Å². The summed E-state index contributed by atoms with van der Waals surface area (Å²) in [5.41, 5.74) is 5.82. The van der Waals surface area contributed by atoms with Crippen LogP contribution in [0.1, 0.15) is 66.4 Å². The van der Waals surface area contributed by atoms with Crippen LogP contribution in [0.2, 0.25) is 0 Å². The SMILES string of the molecule is CCN1CCN(CCO)C2COc3cc(C)ccc3-c3c(C4CCCCC4)c4ccc(cc4n3C2)C(=O)NS(=O)(=O)N(C)CC1. The largest absolute Gasteiger partial charge is 0.491 e. The highest BCUT2D eigenvalue weighted by atomic mass is 32.2. The molecule has 1 amide bonds. The van der Waals surface area contributed by atoms with Crippen molar-refractivity contribution in [2.24, 2.45) is 0 Å². The molecule has 3 aliphatic rings. The predicted molar refractivity (Wildman–Crippen MR) is 177 cm³/mol. The van der Waals surface area contributed by atoms with Gasteiger partial charge in [0.15, 0.2) is 0 Å². The van der Waals surface area contributed by atoms with E-state index < -0.39 is 16.1 Å². The van der Waals surface area contributed by atoms with Crippen molar-refractivity contribution in [3.8, 4) is 17.0 Å². The highest BCUT2D eigenvalue weighted by Crippen LogP contribution is 2.47.